The Morgan fingerprint density at radius 1 is 1.58 bits per heavy atom. The van der Waals surface area contributed by atoms with Crippen molar-refractivity contribution in [2.75, 3.05) is 5.32 Å². The van der Waals surface area contributed by atoms with Crippen molar-refractivity contribution in [3.05, 3.63) is 16.0 Å². The molecule has 3 nitrogen and oxygen atoms in total. The zero-order valence-corrected chi connectivity index (χ0v) is 12.6. The second-order valence-electron chi connectivity index (χ2n) is 5.48. The summed E-state index contributed by atoms with van der Waals surface area (Å²) >= 11 is 1.60. The molecule has 1 aromatic rings. The minimum Gasteiger partial charge on any atom is -0.316 e. The number of hydrogen-bond acceptors (Lipinski definition) is 3. The van der Waals surface area contributed by atoms with Crippen LogP contribution in [-0.4, -0.2) is 5.91 Å². The Balaban J connectivity index is 2.29. The van der Waals surface area contributed by atoms with Gasteiger partial charge in [0.1, 0.15) is 11.1 Å². The third-order valence-electron chi connectivity index (χ3n) is 3.82. The van der Waals surface area contributed by atoms with Gasteiger partial charge in [-0.1, -0.05) is 27.2 Å². The summed E-state index contributed by atoms with van der Waals surface area (Å²) in [6.45, 7) is 5.94. The molecule has 0 bridgehead atoms. The second-order valence-corrected chi connectivity index (χ2v) is 6.59. The number of nitrogens with one attached hydrogen (secondary N) is 1. The number of nitriles is 1. The Bertz CT molecular complexity index is 525. The summed E-state index contributed by atoms with van der Waals surface area (Å²) in [6, 6.07) is 2.28. The van der Waals surface area contributed by atoms with Crippen LogP contribution in [0.5, 0.6) is 0 Å². The third kappa shape index (κ3) is 2.82. The number of amides is 1. The molecule has 0 fully saturated rings. The molecule has 0 saturated carbocycles. The molecule has 1 aliphatic rings. The first-order valence-electron chi connectivity index (χ1n) is 6.92. The van der Waals surface area contributed by atoms with Crippen LogP contribution in [0.3, 0.4) is 0 Å². The highest BCUT2D eigenvalue weighted by atomic mass is 32.1. The Kier molecular flexibility index (Phi) is 4.26. The van der Waals surface area contributed by atoms with Crippen LogP contribution in [0, 0.1) is 23.2 Å². The first-order valence-corrected chi connectivity index (χ1v) is 7.73. The summed E-state index contributed by atoms with van der Waals surface area (Å²) in [7, 11) is 0. The number of carbonyl (C=O) groups excluding carboxylic acids is 1. The van der Waals surface area contributed by atoms with E-state index in [-0.39, 0.29) is 11.8 Å². The number of carbonyl (C=O) groups is 1. The van der Waals surface area contributed by atoms with Gasteiger partial charge in [-0.15, -0.1) is 11.3 Å². The summed E-state index contributed by atoms with van der Waals surface area (Å²) in [5.74, 6) is 0.655. The predicted octanol–water partition coefficient (Wildman–Crippen LogP) is 3.73. The second kappa shape index (κ2) is 5.75. The van der Waals surface area contributed by atoms with Crippen molar-refractivity contribution in [2.24, 2.45) is 11.8 Å². The molecule has 0 aromatic carbocycles. The minimum absolute atomic E-state index is 0.0119. The van der Waals surface area contributed by atoms with Crippen LogP contribution >= 0.6 is 11.3 Å². The van der Waals surface area contributed by atoms with Crippen molar-refractivity contribution in [2.45, 2.75) is 46.5 Å². The molecule has 1 heterocycles. The van der Waals surface area contributed by atoms with Gasteiger partial charge in [-0.25, -0.2) is 0 Å². The molecule has 0 unspecified atom stereocenters. The Hall–Kier alpha value is -1.34. The van der Waals surface area contributed by atoms with E-state index in [1.807, 2.05) is 13.8 Å². The van der Waals surface area contributed by atoms with Gasteiger partial charge in [0, 0.05) is 10.8 Å². The summed E-state index contributed by atoms with van der Waals surface area (Å²) in [5, 5.41) is 13.0. The third-order valence-corrected chi connectivity index (χ3v) is 4.99. The summed E-state index contributed by atoms with van der Waals surface area (Å²) in [4.78, 5) is 13.1. The normalized spacial score (nSPS) is 17.9. The fraction of sp³-hybridized carbons (Fsp3) is 0.600. The molecule has 19 heavy (non-hydrogen) atoms. The number of fused-ring (bicyclic) bond motifs is 1. The van der Waals surface area contributed by atoms with E-state index in [0.717, 1.165) is 30.2 Å². The van der Waals surface area contributed by atoms with Gasteiger partial charge in [-0.3, -0.25) is 4.79 Å². The van der Waals surface area contributed by atoms with Crippen LogP contribution in [-0.2, 0) is 17.6 Å². The van der Waals surface area contributed by atoms with Gasteiger partial charge >= 0.3 is 0 Å². The average Bonchev–Trinajstić information content (AvgIpc) is 2.74. The maximum Gasteiger partial charge on any atom is 0.227 e. The molecular formula is C15H20N2OS. The quantitative estimate of drug-likeness (QED) is 0.914. The first-order chi connectivity index (χ1) is 9.06. The number of thiophene rings is 1. The van der Waals surface area contributed by atoms with E-state index in [1.165, 1.54) is 16.9 Å². The summed E-state index contributed by atoms with van der Waals surface area (Å²) in [5.41, 5.74) is 1.87. The van der Waals surface area contributed by atoms with Gasteiger partial charge < -0.3 is 5.32 Å². The van der Waals surface area contributed by atoms with Gasteiger partial charge in [0.05, 0.1) is 5.56 Å². The van der Waals surface area contributed by atoms with Crippen molar-refractivity contribution in [1.29, 1.82) is 5.26 Å². The van der Waals surface area contributed by atoms with E-state index in [2.05, 4.69) is 18.3 Å². The monoisotopic (exact) mass is 276 g/mol. The lowest BCUT2D eigenvalue weighted by atomic mass is 9.86. The lowest BCUT2D eigenvalue weighted by molar-refractivity contribution is -0.118. The lowest BCUT2D eigenvalue weighted by Gasteiger charge is -2.20. The molecule has 0 spiro atoms. The van der Waals surface area contributed by atoms with Crippen LogP contribution in [0.15, 0.2) is 0 Å². The highest BCUT2D eigenvalue weighted by Gasteiger charge is 2.25. The van der Waals surface area contributed by atoms with Crippen molar-refractivity contribution in [3.63, 3.8) is 0 Å². The summed E-state index contributed by atoms with van der Waals surface area (Å²) < 4.78 is 0. The van der Waals surface area contributed by atoms with E-state index in [0.29, 0.717) is 5.56 Å². The Morgan fingerprint density at radius 3 is 2.89 bits per heavy atom. The first kappa shape index (κ1) is 14.1. The average molecular weight is 276 g/mol. The van der Waals surface area contributed by atoms with Gasteiger partial charge in [0.2, 0.25) is 5.91 Å². The Labute approximate surface area is 118 Å². The molecule has 4 heteroatoms. The minimum atomic E-state index is -0.0611. The number of anilines is 1. The number of hydrogen-bond donors (Lipinski definition) is 1. The van der Waals surface area contributed by atoms with E-state index in [4.69, 9.17) is 0 Å². The topological polar surface area (TPSA) is 52.9 Å². The number of rotatable bonds is 3. The van der Waals surface area contributed by atoms with E-state index >= 15 is 0 Å². The Morgan fingerprint density at radius 2 is 2.32 bits per heavy atom. The highest BCUT2D eigenvalue weighted by Crippen LogP contribution is 2.40. The molecule has 0 saturated heterocycles. The molecule has 0 radical (unpaired) electrons. The maximum absolute atomic E-state index is 11.8. The van der Waals surface area contributed by atoms with Crippen LogP contribution in [0.1, 0.15) is 49.6 Å². The maximum atomic E-state index is 11.8. The fourth-order valence-electron chi connectivity index (χ4n) is 2.47. The van der Waals surface area contributed by atoms with Crippen molar-refractivity contribution < 1.29 is 4.79 Å². The zero-order chi connectivity index (χ0) is 14.0. The highest BCUT2D eigenvalue weighted by molar-refractivity contribution is 7.16. The molecule has 102 valence electrons. The van der Waals surface area contributed by atoms with Gasteiger partial charge in [0.15, 0.2) is 0 Å². The lowest BCUT2D eigenvalue weighted by Crippen LogP contribution is -2.17. The molecule has 1 amide bonds. The molecule has 1 aliphatic carbocycles. The van der Waals surface area contributed by atoms with Crippen molar-refractivity contribution in [3.8, 4) is 6.07 Å². The largest absolute Gasteiger partial charge is 0.316 e. The van der Waals surface area contributed by atoms with E-state index < -0.39 is 0 Å². The molecule has 2 rings (SSSR count). The van der Waals surface area contributed by atoms with Gasteiger partial charge in [-0.2, -0.15) is 5.26 Å². The molecule has 1 aromatic heterocycles. The van der Waals surface area contributed by atoms with Crippen LogP contribution in [0.4, 0.5) is 5.00 Å². The van der Waals surface area contributed by atoms with E-state index in [1.54, 1.807) is 11.3 Å². The molecule has 0 aliphatic heterocycles. The van der Waals surface area contributed by atoms with Crippen LogP contribution in [0.25, 0.3) is 0 Å². The molecule has 1 atom stereocenters. The zero-order valence-electron chi connectivity index (χ0n) is 11.7. The van der Waals surface area contributed by atoms with Crippen molar-refractivity contribution in [1.82, 2.24) is 0 Å². The molecular weight excluding hydrogens is 256 g/mol. The SMILES string of the molecule is CC[C@@H]1CCc2c(sc(NC(=O)C(C)C)c2C#N)C1. The molecule has 1 N–H and O–H groups in total. The van der Waals surface area contributed by atoms with Crippen molar-refractivity contribution >= 4 is 22.2 Å². The van der Waals surface area contributed by atoms with Crippen LogP contribution in [0.2, 0.25) is 0 Å². The summed E-state index contributed by atoms with van der Waals surface area (Å²) in [6.07, 6.45) is 4.38. The fourth-order valence-corrected chi connectivity index (χ4v) is 3.78. The van der Waals surface area contributed by atoms with E-state index in [9.17, 15) is 10.1 Å². The van der Waals surface area contributed by atoms with Crippen LogP contribution < -0.4 is 5.32 Å². The standard InChI is InChI=1S/C15H20N2OS/c1-4-10-5-6-11-12(8-16)15(19-13(11)7-10)17-14(18)9(2)3/h9-10H,4-7H2,1-3H3,(H,17,18)/t10-/m1/s1. The predicted molar refractivity (Wildman–Crippen MR) is 78.3 cm³/mol. The number of nitrogens with zero attached hydrogens (tertiary/aromatic N) is 1. The van der Waals surface area contributed by atoms with Gasteiger partial charge in [-0.05, 0) is 30.7 Å². The van der Waals surface area contributed by atoms with Gasteiger partial charge in [0.25, 0.3) is 0 Å². The smallest absolute Gasteiger partial charge is 0.227 e.